The van der Waals surface area contributed by atoms with Crippen LogP contribution >= 0.6 is 0 Å². The maximum absolute atomic E-state index is 5.56. The van der Waals surface area contributed by atoms with E-state index in [4.69, 9.17) is 10.2 Å². The molecule has 0 bridgehead atoms. The Kier molecular flexibility index (Phi) is 2.18. The number of fused-ring (bicyclic) bond motifs is 1. The molecule has 2 aromatic heterocycles. The molecule has 0 saturated carbocycles. The van der Waals surface area contributed by atoms with E-state index in [0.29, 0.717) is 12.3 Å². The minimum Gasteiger partial charge on any atom is -0.441 e. The Morgan fingerprint density at radius 1 is 1.57 bits per heavy atom. The van der Waals surface area contributed by atoms with Gasteiger partial charge in [-0.15, -0.1) is 0 Å². The fourth-order valence-electron chi connectivity index (χ4n) is 1.37. The quantitative estimate of drug-likeness (QED) is 0.730. The summed E-state index contributed by atoms with van der Waals surface area (Å²) in [5.41, 5.74) is 7.37. The van der Waals surface area contributed by atoms with Crippen LogP contribution < -0.4 is 5.73 Å². The van der Waals surface area contributed by atoms with E-state index < -0.39 is 0 Å². The zero-order valence-electron chi connectivity index (χ0n) is 7.90. The predicted octanol–water partition coefficient (Wildman–Crippen LogP) is 1.65. The van der Waals surface area contributed by atoms with Crippen LogP contribution in [0.2, 0.25) is 0 Å². The van der Waals surface area contributed by atoms with Crippen LogP contribution in [0.15, 0.2) is 27.9 Å². The molecular weight excluding hydrogens is 178 g/mol. The molecule has 0 atom stereocenters. The molecule has 0 amide bonds. The first kappa shape index (κ1) is 8.74. The molecule has 2 aromatic rings. The lowest BCUT2D eigenvalue weighted by Crippen LogP contribution is -1.88. The van der Waals surface area contributed by atoms with Gasteiger partial charge in [-0.05, 0) is 0 Å². The van der Waals surface area contributed by atoms with Crippen molar-refractivity contribution in [3.63, 3.8) is 0 Å². The van der Waals surface area contributed by atoms with Gasteiger partial charge in [0.15, 0.2) is 5.88 Å². The Morgan fingerprint density at radius 2 is 2.43 bits per heavy atom. The highest BCUT2D eigenvalue weighted by Crippen LogP contribution is 2.23. The Bertz CT molecular complexity index is 473. The standard InChI is InChI=1S/C10H11N3O/c1-12-3-2-7-5-13-6-8-4-9(11)14-10(7)8/h3-6H,2,11H2,1H3. The molecule has 0 aromatic carbocycles. The van der Waals surface area contributed by atoms with Gasteiger partial charge >= 0.3 is 0 Å². The summed E-state index contributed by atoms with van der Waals surface area (Å²) in [5.74, 6) is 0.419. The van der Waals surface area contributed by atoms with Gasteiger partial charge in [0.1, 0.15) is 5.58 Å². The number of furan rings is 1. The van der Waals surface area contributed by atoms with Crippen LogP contribution in [0, 0.1) is 0 Å². The second-order valence-corrected chi connectivity index (χ2v) is 3.01. The minimum absolute atomic E-state index is 0.419. The SMILES string of the molecule is CN=CCc1cncc2cc(N)oc12. The van der Waals surface area contributed by atoms with Crippen LogP contribution in [0.25, 0.3) is 11.0 Å². The van der Waals surface area contributed by atoms with Crippen molar-refractivity contribution in [3.05, 3.63) is 24.0 Å². The zero-order valence-corrected chi connectivity index (χ0v) is 7.90. The number of aliphatic imine (C=N–C) groups is 1. The number of nitrogens with zero attached hydrogens (tertiary/aromatic N) is 2. The highest BCUT2D eigenvalue weighted by atomic mass is 16.3. The molecule has 0 fully saturated rings. The molecule has 0 aliphatic rings. The first-order valence-electron chi connectivity index (χ1n) is 4.34. The molecule has 2 rings (SSSR count). The van der Waals surface area contributed by atoms with Crippen molar-refractivity contribution in [1.29, 1.82) is 0 Å². The number of hydrogen-bond acceptors (Lipinski definition) is 4. The van der Waals surface area contributed by atoms with Gasteiger partial charge in [-0.25, -0.2) is 0 Å². The Hall–Kier alpha value is -1.84. The number of nitrogen functional groups attached to an aromatic ring is 1. The molecule has 72 valence electrons. The van der Waals surface area contributed by atoms with E-state index in [-0.39, 0.29) is 0 Å². The summed E-state index contributed by atoms with van der Waals surface area (Å²) >= 11 is 0. The van der Waals surface area contributed by atoms with E-state index in [1.54, 1.807) is 25.5 Å². The second-order valence-electron chi connectivity index (χ2n) is 3.01. The first-order chi connectivity index (χ1) is 6.81. The van der Waals surface area contributed by atoms with E-state index in [1.165, 1.54) is 0 Å². The lowest BCUT2D eigenvalue weighted by molar-refractivity contribution is 0.633. The molecule has 2 heterocycles. The largest absolute Gasteiger partial charge is 0.441 e. The van der Waals surface area contributed by atoms with E-state index in [9.17, 15) is 0 Å². The highest BCUT2D eigenvalue weighted by molar-refractivity contribution is 5.84. The average molecular weight is 189 g/mol. The van der Waals surface area contributed by atoms with Crippen molar-refractivity contribution in [2.45, 2.75) is 6.42 Å². The monoisotopic (exact) mass is 189 g/mol. The number of nitrogens with two attached hydrogens (primary N) is 1. The molecule has 0 aliphatic heterocycles. The highest BCUT2D eigenvalue weighted by Gasteiger charge is 2.05. The van der Waals surface area contributed by atoms with Gasteiger partial charge in [-0.3, -0.25) is 4.98 Å². The molecule has 0 radical (unpaired) electrons. The summed E-state index contributed by atoms with van der Waals surface area (Å²) in [4.78, 5) is 8.02. The van der Waals surface area contributed by atoms with Gasteiger partial charge in [0.25, 0.3) is 0 Å². The maximum Gasteiger partial charge on any atom is 0.191 e. The molecule has 0 unspecified atom stereocenters. The van der Waals surface area contributed by atoms with Gasteiger partial charge in [-0.2, -0.15) is 0 Å². The Morgan fingerprint density at radius 3 is 3.21 bits per heavy atom. The molecule has 14 heavy (non-hydrogen) atoms. The number of rotatable bonds is 2. The zero-order chi connectivity index (χ0) is 9.97. The van der Waals surface area contributed by atoms with Gasteiger partial charge in [-0.1, -0.05) is 0 Å². The number of hydrogen-bond donors (Lipinski definition) is 1. The van der Waals surface area contributed by atoms with Crippen molar-refractivity contribution in [3.8, 4) is 0 Å². The number of pyridine rings is 1. The van der Waals surface area contributed by atoms with Gasteiger partial charge in [0, 0.05) is 49.1 Å². The third-order valence-electron chi connectivity index (χ3n) is 2.01. The van der Waals surface area contributed by atoms with E-state index in [2.05, 4.69) is 9.98 Å². The normalized spacial score (nSPS) is 11.5. The summed E-state index contributed by atoms with van der Waals surface area (Å²) in [6.07, 6.45) is 6.04. The third-order valence-corrected chi connectivity index (χ3v) is 2.01. The molecule has 2 N–H and O–H groups in total. The predicted molar refractivity (Wildman–Crippen MR) is 56.5 cm³/mol. The van der Waals surface area contributed by atoms with E-state index in [1.807, 2.05) is 6.21 Å². The van der Waals surface area contributed by atoms with Crippen LogP contribution in [-0.4, -0.2) is 18.2 Å². The summed E-state index contributed by atoms with van der Waals surface area (Å²) in [6.45, 7) is 0. The molecule has 4 heteroatoms. The van der Waals surface area contributed by atoms with Crippen molar-refractivity contribution in [1.82, 2.24) is 4.98 Å². The average Bonchev–Trinajstić information content (AvgIpc) is 2.55. The second kappa shape index (κ2) is 3.49. The molecule has 4 nitrogen and oxygen atoms in total. The number of anilines is 1. The van der Waals surface area contributed by atoms with Gasteiger partial charge < -0.3 is 15.1 Å². The lowest BCUT2D eigenvalue weighted by atomic mass is 10.2. The van der Waals surface area contributed by atoms with Crippen LogP contribution in [0.4, 0.5) is 5.88 Å². The minimum atomic E-state index is 0.419. The number of aromatic nitrogens is 1. The summed E-state index contributed by atoms with van der Waals surface area (Å²) in [6, 6.07) is 1.77. The first-order valence-corrected chi connectivity index (χ1v) is 4.34. The summed E-state index contributed by atoms with van der Waals surface area (Å²) < 4.78 is 5.37. The van der Waals surface area contributed by atoms with Crippen LogP contribution in [-0.2, 0) is 6.42 Å². The van der Waals surface area contributed by atoms with Crippen molar-refractivity contribution >= 4 is 23.1 Å². The van der Waals surface area contributed by atoms with Gasteiger partial charge in [0.2, 0.25) is 0 Å². The van der Waals surface area contributed by atoms with Crippen LogP contribution in [0.1, 0.15) is 5.56 Å². The van der Waals surface area contributed by atoms with Gasteiger partial charge in [0.05, 0.1) is 0 Å². The summed E-state index contributed by atoms with van der Waals surface area (Å²) in [7, 11) is 1.74. The third kappa shape index (κ3) is 1.46. The lowest BCUT2D eigenvalue weighted by Gasteiger charge is -1.95. The Balaban J connectivity index is 2.52. The topological polar surface area (TPSA) is 64.4 Å². The fourth-order valence-corrected chi connectivity index (χ4v) is 1.37. The van der Waals surface area contributed by atoms with Crippen LogP contribution in [0.3, 0.4) is 0 Å². The smallest absolute Gasteiger partial charge is 0.191 e. The van der Waals surface area contributed by atoms with Crippen molar-refractivity contribution in [2.75, 3.05) is 12.8 Å². The van der Waals surface area contributed by atoms with E-state index in [0.717, 1.165) is 16.5 Å². The van der Waals surface area contributed by atoms with Crippen LogP contribution in [0.5, 0.6) is 0 Å². The Labute approximate surface area is 81.5 Å². The molecule has 0 aliphatic carbocycles. The molecule has 0 saturated heterocycles. The van der Waals surface area contributed by atoms with E-state index >= 15 is 0 Å². The van der Waals surface area contributed by atoms with Crippen molar-refractivity contribution < 1.29 is 4.42 Å². The fraction of sp³-hybridized carbons (Fsp3) is 0.200. The molecule has 0 spiro atoms. The maximum atomic E-state index is 5.56. The molecular formula is C10H11N3O. The van der Waals surface area contributed by atoms with Crippen molar-refractivity contribution in [2.24, 2.45) is 4.99 Å². The summed E-state index contributed by atoms with van der Waals surface area (Å²) in [5, 5.41) is 0.935.